The molecule has 1 saturated carbocycles. The number of phenols is 1. The number of carbonyl (C=O) groups is 2. The van der Waals surface area contributed by atoms with Crippen molar-refractivity contribution in [3.8, 4) is 5.75 Å². The van der Waals surface area contributed by atoms with E-state index in [-0.39, 0.29) is 17.7 Å². The quantitative estimate of drug-likeness (QED) is 0.893. The third kappa shape index (κ3) is 3.01. The van der Waals surface area contributed by atoms with Crippen LogP contribution in [0.25, 0.3) is 0 Å². The molecule has 1 aliphatic carbocycles. The molecule has 1 aliphatic rings. The lowest BCUT2D eigenvalue weighted by Gasteiger charge is -2.29. The average Bonchev–Trinajstić information content (AvgIpc) is 2.95. The number of aromatic hydroxyl groups is 1. The number of carboxylic acid groups (broad SMARTS) is 1. The van der Waals surface area contributed by atoms with E-state index in [1.807, 2.05) is 6.92 Å². The Morgan fingerprint density at radius 3 is 2.48 bits per heavy atom. The smallest absolute Gasteiger partial charge is 0.307 e. The van der Waals surface area contributed by atoms with E-state index in [2.05, 4.69) is 0 Å². The molecule has 0 aliphatic heterocycles. The Kier molecular flexibility index (Phi) is 4.50. The van der Waals surface area contributed by atoms with Crippen LogP contribution in [0.5, 0.6) is 5.75 Å². The summed E-state index contributed by atoms with van der Waals surface area (Å²) in [6.45, 7) is 1.83. The Balaban J connectivity index is 2.16. The highest BCUT2D eigenvalue weighted by atomic mass is 16.4. The highest BCUT2D eigenvalue weighted by Crippen LogP contribution is 2.35. The lowest BCUT2D eigenvalue weighted by molar-refractivity contribution is -0.149. The first-order valence-electron chi connectivity index (χ1n) is 7.21. The van der Waals surface area contributed by atoms with E-state index in [0.29, 0.717) is 18.4 Å². The Hall–Kier alpha value is -2.04. The first kappa shape index (κ1) is 15.4. The molecule has 1 aromatic carbocycles. The Bertz CT molecular complexity index is 543. The number of carboxylic acids is 1. The predicted octanol–water partition coefficient (Wildman–Crippen LogP) is 2.41. The van der Waals surface area contributed by atoms with Crippen LogP contribution >= 0.6 is 0 Å². The molecule has 1 aromatic rings. The monoisotopic (exact) mass is 291 g/mol. The Morgan fingerprint density at radius 1 is 1.24 bits per heavy atom. The van der Waals surface area contributed by atoms with Crippen LogP contribution in [0, 0.1) is 11.8 Å². The summed E-state index contributed by atoms with van der Waals surface area (Å²) in [7, 11) is 1.66. The van der Waals surface area contributed by atoms with Gasteiger partial charge < -0.3 is 15.1 Å². The fourth-order valence-corrected chi connectivity index (χ4v) is 3.05. The molecule has 3 unspecified atom stereocenters. The summed E-state index contributed by atoms with van der Waals surface area (Å²) in [5.41, 5.74) is 0.665. The maximum absolute atomic E-state index is 12.6. The summed E-state index contributed by atoms with van der Waals surface area (Å²) < 4.78 is 0. The zero-order valence-corrected chi connectivity index (χ0v) is 12.3. The van der Waals surface area contributed by atoms with Crippen molar-refractivity contribution in [2.24, 2.45) is 11.8 Å². The summed E-state index contributed by atoms with van der Waals surface area (Å²) in [4.78, 5) is 25.3. The molecule has 21 heavy (non-hydrogen) atoms. The molecule has 1 amide bonds. The number of amides is 1. The van der Waals surface area contributed by atoms with Gasteiger partial charge in [-0.1, -0.05) is 24.6 Å². The molecule has 0 bridgehead atoms. The molecule has 5 nitrogen and oxygen atoms in total. The number of benzene rings is 1. The molecular formula is C16H21NO4. The van der Waals surface area contributed by atoms with Crippen molar-refractivity contribution < 1.29 is 19.8 Å². The van der Waals surface area contributed by atoms with Gasteiger partial charge in [0, 0.05) is 12.6 Å². The van der Waals surface area contributed by atoms with Crippen LogP contribution in [0.15, 0.2) is 24.3 Å². The van der Waals surface area contributed by atoms with Crippen LogP contribution in [0.3, 0.4) is 0 Å². The number of nitrogens with zero attached hydrogens (tertiary/aromatic N) is 1. The lowest BCUT2D eigenvalue weighted by Crippen LogP contribution is -2.38. The van der Waals surface area contributed by atoms with Crippen LogP contribution in [-0.2, 0) is 9.59 Å². The standard InChI is InChI=1S/C16H21NO4/c1-10(11-6-3-4-9-14(11)18)17(2)15(19)12-7-5-8-13(12)16(20)21/h3-4,6,9-10,12-13,18H,5,7-8H2,1-2H3,(H,20,21). The molecule has 0 heterocycles. The van der Waals surface area contributed by atoms with Gasteiger partial charge >= 0.3 is 5.97 Å². The molecule has 114 valence electrons. The number of aliphatic carboxylic acids is 1. The van der Waals surface area contributed by atoms with Gasteiger partial charge in [-0.2, -0.15) is 0 Å². The number of hydrogen-bond acceptors (Lipinski definition) is 3. The third-order valence-electron chi connectivity index (χ3n) is 4.47. The number of para-hydroxylation sites is 1. The van der Waals surface area contributed by atoms with E-state index < -0.39 is 17.8 Å². The fraction of sp³-hybridized carbons (Fsp3) is 0.500. The van der Waals surface area contributed by atoms with Crippen molar-refractivity contribution in [2.75, 3.05) is 7.05 Å². The molecule has 2 rings (SSSR count). The van der Waals surface area contributed by atoms with E-state index in [9.17, 15) is 19.8 Å². The van der Waals surface area contributed by atoms with Crippen molar-refractivity contribution >= 4 is 11.9 Å². The second kappa shape index (κ2) is 6.16. The molecule has 1 fully saturated rings. The lowest BCUT2D eigenvalue weighted by atomic mass is 9.93. The summed E-state index contributed by atoms with van der Waals surface area (Å²) in [6, 6.07) is 6.59. The van der Waals surface area contributed by atoms with Gasteiger partial charge in [-0.15, -0.1) is 0 Å². The van der Waals surface area contributed by atoms with Crippen LogP contribution in [0.4, 0.5) is 0 Å². The summed E-state index contributed by atoms with van der Waals surface area (Å²) in [6.07, 6.45) is 1.95. The normalized spacial score (nSPS) is 22.8. The van der Waals surface area contributed by atoms with Gasteiger partial charge in [0.2, 0.25) is 5.91 Å². The molecule has 5 heteroatoms. The van der Waals surface area contributed by atoms with Gasteiger partial charge in [-0.3, -0.25) is 9.59 Å². The van der Waals surface area contributed by atoms with Crippen molar-refractivity contribution in [3.63, 3.8) is 0 Å². The molecule has 2 N–H and O–H groups in total. The minimum atomic E-state index is -0.894. The van der Waals surface area contributed by atoms with Gasteiger partial charge in [0.25, 0.3) is 0 Å². The van der Waals surface area contributed by atoms with Crippen molar-refractivity contribution in [2.45, 2.75) is 32.2 Å². The van der Waals surface area contributed by atoms with Crippen LogP contribution < -0.4 is 0 Å². The van der Waals surface area contributed by atoms with Crippen molar-refractivity contribution in [1.29, 1.82) is 0 Å². The van der Waals surface area contributed by atoms with E-state index in [1.54, 1.807) is 36.2 Å². The molecule has 0 saturated heterocycles. The zero-order chi connectivity index (χ0) is 15.6. The maximum Gasteiger partial charge on any atom is 0.307 e. The number of phenolic OH excluding ortho intramolecular Hbond substituents is 1. The van der Waals surface area contributed by atoms with E-state index in [4.69, 9.17) is 0 Å². The number of carbonyl (C=O) groups excluding carboxylic acids is 1. The maximum atomic E-state index is 12.6. The van der Waals surface area contributed by atoms with E-state index >= 15 is 0 Å². The minimum absolute atomic E-state index is 0.144. The van der Waals surface area contributed by atoms with Crippen molar-refractivity contribution in [3.05, 3.63) is 29.8 Å². The zero-order valence-electron chi connectivity index (χ0n) is 12.3. The highest BCUT2D eigenvalue weighted by Gasteiger charge is 2.40. The summed E-state index contributed by atoms with van der Waals surface area (Å²) >= 11 is 0. The topological polar surface area (TPSA) is 77.8 Å². The van der Waals surface area contributed by atoms with E-state index in [0.717, 1.165) is 6.42 Å². The van der Waals surface area contributed by atoms with Crippen LogP contribution in [0.2, 0.25) is 0 Å². The SMILES string of the molecule is CC(c1ccccc1O)N(C)C(=O)C1CCCC1C(=O)O. The minimum Gasteiger partial charge on any atom is -0.508 e. The largest absolute Gasteiger partial charge is 0.508 e. The van der Waals surface area contributed by atoms with Crippen LogP contribution in [-0.4, -0.2) is 34.0 Å². The van der Waals surface area contributed by atoms with Gasteiger partial charge in [-0.25, -0.2) is 0 Å². The Labute approximate surface area is 124 Å². The van der Waals surface area contributed by atoms with E-state index in [1.165, 1.54) is 0 Å². The molecule has 0 aromatic heterocycles. The Morgan fingerprint density at radius 2 is 1.86 bits per heavy atom. The fourth-order valence-electron chi connectivity index (χ4n) is 3.05. The molecular weight excluding hydrogens is 270 g/mol. The molecule has 0 spiro atoms. The van der Waals surface area contributed by atoms with Gasteiger partial charge in [0.1, 0.15) is 5.75 Å². The summed E-state index contributed by atoms with van der Waals surface area (Å²) in [5.74, 6) is -1.95. The first-order valence-corrected chi connectivity index (χ1v) is 7.21. The van der Waals surface area contributed by atoms with Crippen molar-refractivity contribution in [1.82, 2.24) is 4.90 Å². The molecule has 0 radical (unpaired) electrons. The second-order valence-electron chi connectivity index (χ2n) is 5.67. The first-order chi connectivity index (χ1) is 9.93. The van der Waals surface area contributed by atoms with Gasteiger partial charge in [0.05, 0.1) is 17.9 Å². The predicted molar refractivity (Wildman–Crippen MR) is 77.8 cm³/mol. The average molecular weight is 291 g/mol. The van der Waals surface area contributed by atoms with Gasteiger partial charge in [-0.05, 0) is 25.8 Å². The summed E-state index contributed by atoms with van der Waals surface area (Å²) in [5, 5.41) is 19.1. The number of rotatable bonds is 4. The number of hydrogen-bond donors (Lipinski definition) is 2. The second-order valence-corrected chi connectivity index (χ2v) is 5.67. The molecule has 3 atom stereocenters. The van der Waals surface area contributed by atoms with Crippen LogP contribution in [0.1, 0.15) is 37.8 Å². The third-order valence-corrected chi connectivity index (χ3v) is 4.47. The van der Waals surface area contributed by atoms with Gasteiger partial charge in [0.15, 0.2) is 0 Å². The highest BCUT2D eigenvalue weighted by molar-refractivity contribution is 5.85.